The topological polar surface area (TPSA) is 41.9 Å². The molecule has 0 aliphatic heterocycles. The fraction of sp³-hybridized carbons (Fsp3) is 0.222. The van der Waals surface area contributed by atoms with Crippen LogP contribution in [0.3, 0.4) is 0 Å². The van der Waals surface area contributed by atoms with Crippen LogP contribution in [0.25, 0.3) is 0 Å². The maximum atomic E-state index is 11.3. The van der Waals surface area contributed by atoms with E-state index >= 15 is 0 Å². The van der Waals surface area contributed by atoms with Crippen LogP contribution in [0.15, 0.2) is 53.5 Å². The zero-order valence-electron chi connectivity index (χ0n) is 13.1. The highest BCUT2D eigenvalue weighted by molar-refractivity contribution is 5.91. The molecule has 114 valence electrons. The van der Waals surface area contributed by atoms with E-state index in [0.29, 0.717) is 6.61 Å². The Morgan fingerprint density at radius 1 is 1.14 bits per heavy atom. The third-order valence-electron chi connectivity index (χ3n) is 3.26. The van der Waals surface area contributed by atoms with Crippen molar-refractivity contribution in [2.24, 2.45) is 4.99 Å². The average Bonchev–Trinajstić information content (AvgIpc) is 2.54. The second-order valence-corrected chi connectivity index (χ2v) is 4.85. The first-order chi connectivity index (χ1) is 10.6. The number of benzene rings is 2. The van der Waals surface area contributed by atoms with Gasteiger partial charge < -0.3 is 9.64 Å². The van der Waals surface area contributed by atoms with Crippen LogP contribution >= 0.6 is 0 Å². The molecule has 0 bridgehead atoms. The summed E-state index contributed by atoms with van der Waals surface area (Å²) in [6.07, 6.45) is 1.80. The predicted molar refractivity (Wildman–Crippen MR) is 90.4 cm³/mol. The highest BCUT2D eigenvalue weighted by atomic mass is 16.5. The van der Waals surface area contributed by atoms with Crippen molar-refractivity contribution in [3.05, 3.63) is 54.1 Å². The van der Waals surface area contributed by atoms with Crippen molar-refractivity contribution >= 4 is 23.5 Å². The standard InChI is InChI=1S/C18H20N2O2/c1-4-22-18-11-5-15(6-12-18)13-19-16-7-9-17(10-8-16)20(3)14(2)21/h5-13H,4H2,1-3H3. The summed E-state index contributed by atoms with van der Waals surface area (Å²) in [6, 6.07) is 15.3. The maximum Gasteiger partial charge on any atom is 0.223 e. The monoisotopic (exact) mass is 296 g/mol. The van der Waals surface area contributed by atoms with Gasteiger partial charge in [-0.05, 0) is 61.0 Å². The molecule has 2 rings (SSSR count). The minimum absolute atomic E-state index is 0.00522. The summed E-state index contributed by atoms with van der Waals surface area (Å²) in [6.45, 7) is 4.16. The molecule has 4 heteroatoms. The number of anilines is 1. The van der Waals surface area contributed by atoms with E-state index in [9.17, 15) is 4.79 Å². The van der Waals surface area contributed by atoms with Gasteiger partial charge in [-0.25, -0.2) is 0 Å². The van der Waals surface area contributed by atoms with Gasteiger partial charge in [-0.15, -0.1) is 0 Å². The lowest BCUT2D eigenvalue weighted by atomic mass is 10.2. The number of ether oxygens (including phenoxy) is 1. The predicted octanol–water partition coefficient (Wildman–Crippen LogP) is 3.82. The molecular formula is C18H20N2O2. The van der Waals surface area contributed by atoms with Gasteiger partial charge in [0.2, 0.25) is 5.91 Å². The maximum absolute atomic E-state index is 11.3. The van der Waals surface area contributed by atoms with Crippen LogP contribution in [0.1, 0.15) is 19.4 Å². The normalized spacial score (nSPS) is 10.7. The fourth-order valence-electron chi connectivity index (χ4n) is 1.91. The summed E-state index contributed by atoms with van der Waals surface area (Å²) in [5.74, 6) is 0.863. The van der Waals surface area contributed by atoms with Gasteiger partial charge >= 0.3 is 0 Å². The average molecular weight is 296 g/mol. The van der Waals surface area contributed by atoms with E-state index in [-0.39, 0.29) is 5.91 Å². The molecule has 4 nitrogen and oxygen atoms in total. The van der Waals surface area contributed by atoms with Gasteiger partial charge in [0.15, 0.2) is 0 Å². The molecule has 0 aliphatic rings. The Balaban J connectivity index is 2.05. The van der Waals surface area contributed by atoms with Crippen LogP contribution in [0, 0.1) is 0 Å². The highest BCUT2D eigenvalue weighted by Crippen LogP contribution is 2.19. The molecule has 22 heavy (non-hydrogen) atoms. The molecule has 2 aromatic rings. The minimum atomic E-state index is 0.00522. The second kappa shape index (κ2) is 7.41. The minimum Gasteiger partial charge on any atom is -0.494 e. The largest absolute Gasteiger partial charge is 0.494 e. The molecule has 0 aliphatic carbocycles. The van der Waals surface area contributed by atoms with Crippen molar-refractivity contribution in [1.82, 2.24) is 0 Å². The molecule has 0 saturated carbocycles. The fourth-order valence-corrected chi connectivity index (χ4v) is 1.91. The van der Waals surface area contributed by atoms with Crippen LogP contribution in [0.5, 0.6) is 5.75 Å². The van der Waals surface area contributed by atoms with Crippen molar-refractivity contribution in [2.45, 2.75) is 13.8 Å². The summed E-state index contributed by atoms with van der Waals surface area (Å²) in [5, 5.41) is 0. The summed E-state index contributed by atoms with van der Waals surface area (Å²) >= 11 is 0. The molecule has 0 fully saturated rings. The molecule has 0 aromatic heterocycles. The van der Waals surface area contributed by atoms with E-state index in [1.54, 1.807) is 18.2 Å². The SMILES string of the molecule is CCOc1ccc(C=Nc2ccc(N(C)C(C)=O)cc2)cc1. The Hall–Kier alpha value is -2.62. The molecule has 1 amide bonds. The van der Waals surface area contributed by atoms with Gasteiger partial charge in [-0.2, -0.15) is 0 Å². The lowest BCUT2D eigenvalue weighted by molar-refractivity contribution is -0.116. The van der Waals surface area contributed by atoms with E-state index in [1.807, 2.05) is 55.5 Å². The molecular weight excluding hydrogens is 276 g/mol. The number of rotatable bonds is 5. The number of carbonyl (C=O) groups is 1. The van der Waals surface area contributed by atoms with E-state index in [1.165, 1.54) is 6.92 Å². The van der Waals surface area contributed by atoms with Gasteiger partial charge in [-0.1, -0.05) is 0 Å². The van der Waals surface area contributed by atoms with Gasteiger partial charge in [0, 0.05) is 25.9 Å². The van der Waals surface area contributed by atoms with Gasteiger partial charge in [0.25, 0.3) is 0 Å². The zero-order chi connectivity index (χ0) is 15.9. The zero-order valence-corrected chi connectivity index (χ0v) is 13.1. The van der Waals surface area contributed by atoms with Crippen LogP contribution in [0.4, 0.5) is 11.4 Å². The summed E-state index contributed by atoms with van der Waals surface area (Å²) in [5.41, 5.74) is 2.70. The first-order valence-corrected chi connectivity index (χ1v) is 7.21. The van der Waals surface area contributed by atoms with Crippen molar-refractivity contribution in [2.75, 3.05) is 18.6 Å². The van der Waals surface area contributed by atoms with Gasteiger partial charge in [-0.3, -0.25) is 9.79 Å². The van der Waals surface area contributed by atoms with Gasteiger partial charge in [0.05, 0.1) is 12.3 Å². The van der Waals surface area contributed by atoms with Crippen LogP contribution < -0.4 is 9.64 Å². The van der Waals surface area contributed by atoms with E-state index < -0.39 is 0 Å². The molecule has 0 heterocycles. The number of hydrogen-bond donors (Lipinski definition) is 0. The van der Waals surface area contributed by atoms with E-state index in [0.717, 1.165) is 22.7 Å². The quantitative estimate of drug-likeness (QED) is 0.787. The van der Waals surface area contributed by atoms with E-state index in [4.69, 9.17) is 4.74 Å². The van der Waals surface area contributed by atoms with Crippen LogP contribution in [-0.4, -0.2) is 25.8 Å². The third kappa shape index (κ3) is 4.19. The number of aliphatic imine (C=N–C) groups is 1. The lowest BCUT2D eigenvalue weighted by Crippen LogP contribution is -2.22. The van der Waals surface area contributed by atoms with Crippen molar-refractivity contribution < 1.29 is 9.53 Å². The molecule has 0 N–H and O–H groups in total. The van der Waals surface area contributed by atoms with Crippen molar-refractivity contribution in [3.8, 4) is 5.75 Å². The summed E-state index contributed by atoms with van der Waals surface area (Å²) in [4.78, 5) is 17.3. The number of hydrogen-bond acceptors (Lipinski definition) is 3. The highest BCUT2D eigenvalue weighted by Gasteiger charge is 2.04. The number of carbonyl (C=O) groups excluding carboxylic acids is 1. The Morgan fingerprint density at radius 2 is 1.77 bits per heavy atom. The number of nitrogens with zero attached hydrogens (tertiary/aromatic N) is 2. The smallest absolute Gasteiger partial charge is 0.223 e. The van der Waals surface area contributed by atoms with Crippen LogP contribution in [0.2, 0.25) is 0 Å². The van der Waals surface area contributed by atoms with Crippen molar-refractivity contribution in [1.29, 1.82) is 0 Å². The first-order valence-electron chi connectivity index (χ1n) is 7.21. The number of amides is 1. The van der Waals surface area contributed by atoms with Crippen LogP contribution in [-0.2, 0) is 4.79 Å². The molecule has 0 unspecified atom stereocenters. The second-order valence-electron chi connectivity index (χ2n) is 4.85. The third-order valence-corrected chi connectivity index (χ3v) is 3.26. The van der Waals surface area contributed by atoms with E-state index in [2.05, 4.69) is 4.99 Å². The Kier molecular flexibility index (Phi) is 5.31. The van der Waals surface area contributed by atoms with Gasteiger partial charge in [0.1, 0.15) is 5.75 Å². The first kappa shape index (κ1) is 15.8. The summed E-state index contributed by atoms with van der Waals surface area (Å²) < 4.78 is 5.40. The van der Waals surface area contributed by atoms with Crippen molar-refractivity contribution in [3.63, 3.8) is 0 Å². The summed E-state index contributed by atoms with van der Waals surface area (Å²) in [7, 11) is 1.75. The molecule has 0 saturated heterocycles. The Morgan fingerprint density at radius 3 is 2.32 bits per heavy atom. The molecule has 0 spiro atoms. The Bertz CT molecular complexity index is 646. The lowest BCUT2D eigenvalue weighted by Gasteiger charge is -2.14. The molecule has 0 atom stereocenters. The molecule has 0 radical (unpaired) electrons. The molecule has 2 aromatic carbocycles. The Labute approximate surface area is 131 Å².